The summed E-state index contributed by atoms with van der Waals surface area (Å²) in [5.74, 6) is -0.870. The number of anilines is 3. The number of hydrogen-bond donors (Lipinski definition) is 3. The zero-order valence-corrected chi connectivity index (χ0v) is 18.8. The minimum Gasteiger partial charge on any atom is -0.399 e. The Kier molecular flexibility index (Phi) is 5.23. The standard InChI is InChI=1S/C24H19Cl2N5O2/c25-17-9-14(10-18(26)19(17)28)23(32)30-22-24(33)31-7-6-13-8-15(27)11-16(21(13)31)20(29-22)12-4-2-1-3-5-12/h1-5,8-11,22H,6-7,27-28H2,(H,30,32)/t22-/m0/s1. The van der Waals surface area contributed by atoms with Crippen LogP contribution in [0.2, 0.25) is 10.0 Å². The monoisotopic (exact) mass is 479 g/mol. The molecular weight excluding hydrogens is 461 g/mol. The summed E-state index contributed by atoms with van der Waals surface area (Å²) in [7, 11) is 0. The molecule has 33 heavy (non-hydrogen) atoms. The van der Waals surface area contributed by atoms with Crippen LogP contribution in [-0.2, 0) is 11.2 Å². The molecule has 9 heteroatoms. The van der Waals surface area contributed by atoms with Crippen molar-refractivity contribution in [3.05, 3.63) is 86.9 Å². The van der Waals surface area contributed by atoms with Crippen molar-refractivity contribution in [3.8, 4) is 0 Å². The summed E-state index contributed by atoms with van der Waals surface area (Å²) < 4.78 is 0. The maximum atomic E-state index is 13.5. The average molecular weight is 480 g/mol. The molecule has 0 saturated heterocycles. The van der Waals surface area contributed by atoms with Crippen molar-refractivity contribution in [3.63, 3.8) is 0 Å². The van der Waals surface area contributed by atoms with Crippen LogP contribution in [0.15, 0.2) is 59.6 Å². The Labute approximate surface area is 200 Å². The van der Waals surface area contributed by atoms with Crippen molar-refractivity contribution in [2.75, 3.05) is 22.9 Å². The number of carbonyl (C=O) groups excluding carboxylic acids is 2. The van der Waals surface area contributed by atoms with Gasteiger partial charge in [0.05, 0.1) is 27.1 Å². The molecule has 1 atom stereocenters. The molecule has 0 saturated carbocycles. The molecule has 0 unspecified atom stereocenters. The van der Waals surface area contributed by atoms with Gasteiger partial charge in [-0.1, -0.05) is 53.5 Å². The van der Waals surface area contributed by atoms with Crippen molar-refractivity contribution >= 4 is 57.8 Å². The largest absolute Gasteiger partial charge is 0.399 e. The molecule has 166 valence electrons. The maximum Gasteiger partial charge on any atom is 0.272 e. The summed E-state index contributed by atoms with van der Waals surface area (Å²) in [6.45, 7) is 0.480. The van der Waals surface area contributed by atoms with Crippen LogP contribution in [0.5, 0.6) is 0 Å². The van der Waals surface area contributed by atoms with E-state index in [0.717, 1.165) is 22.4 Å². The molecular formula is C24H19Cl2N5O2. The number of benzene rings is 3. The third-order valence-corrected chi connectivity index (χ3v) is 6.38. The lowest BCUT2D eigenvalue weighted by Crippen LogP contribution is -2.47. The highest BCUT2D eigenvalue weighted by atomic mass is 35.5. The summed E-state index contributed by atoms with van der Waals surface area (Å²) in [6.07, 6.45) is -0.479. The minimum absolute atomic E-state index is 0.153. The Balaban J connectivity index is 1.61. The molecule has 2 heterocycles. The minimum atomic E-state index is -1.15. The fraction of sp³-hybridized carbons (Fsp3) is 0.125. The van der Waals surface area contributed by atoms with E-state index in [1.54, 1.807) is 4.90 Å². The van der Waals surface area contributed by atoms with Gasteiger partial charge in [-0.25, -0.2) is 4.99 Å². The summed E-state index contributed by atoms with van der Waals surface area (Å²) in [5, 5.41) is 3.03. The third kappa shape index (κ3) is 3.69. The van der Waals surface area contributed by atoms with Crippen LogP contribution >= 0.6 is 23.2 Å². The quantitative estimate of drug-likeness (QED) is 0.497. The summed E-state index contributed by atoms with van der Waals surface area (Å²) >= 11 is 12.2. The molecule has 5 N–H and O–H groups in total. The Bertz CT molecular complexity index is 1320. The molecule has 2 amide bonds. The van der Waals surface area contributed by atoms with Crippen LogP contribution in [0, 0.1) is 0 Å². The van der Waals surface area contributed by atoms with E-state index in [4.69, 9.17) is 39.7 Å². The van der Waals surface area contributed by atoms with Gasteiger partial charge in [-0.15, -0.1) is 0 Å². The van der Waals surface area contributed by atoms with Crippen LogP contribution < -0.4 is 21.7 Å². The summed E-state index contributed by atoms with van der Waals surface area (Å²) in [5.41, 5.74) is 16.8. The van der Waals surface area contributed by atoms with Gasteiger partial charge in [0.25, 0.3) is 11.8 Å². The van der Waals surface area contributed by atoms with Gasteiger partial charge in [-0.3, -0.25) is 9.59 Å². The van der Waals surface area contributed by atoms with E-state index in [9.17, 15) is 9.59 Å². The van der Waals surface area contributed by atoms with Crippen LogP contribution in [0.4, 0.5) is 17.1 Å². The number of nitrogens with two attached hydrogens (primary N) is 2. The topological polar surface area (TPSA) is 114 Å². The number of nitrogens with one attached hydrogen (secondary N) is 1. The number of rotatable bonds is 3. The molecule has 0 radical (unpaired) electrons. The first kappa shape index (κ1) is 21.3. The fourth-order valence-electron chi connectivity index (χ4n) is 4.22. The second kappa shape index (κ2) is 8.10. The molecule has 3 aromatic carbocycles. The molecule has 0 bridgehead atoms. The first-order valence-electron chi connectivity index (χ1n) is 10.3. The van der Waals surface area contributed by atoms with Gasteiger partial charge < -0.3 is 21.7 Å². The van der Waals surface area contributed by atoms with Gasteiger partial charge in [0.2, 0.25) is 6.17 Å². The van der Waals surface area contributed by atoms with Crippen LogP contribution in [0.1, 0.15) is 27.0 Å². The molecule has 3 aromatic rings. The maximum absolute atomic E-state index is 13.5. The Morgan fingerprint density at radius 1 is 1.06 bits per heavy atom. The van der Waals surface area contributed by atoms with Crippen molar-refractivity contribution in [2.24, 2.45) is 4.99 Å². The molecule has 2 aliphatic heterocycles. The number of nitrogens with zero attached hydrogens (tertiary/aromatic N) is 2. The predicted molar refractivity (Wildman–Crippen MR) is 131 cm³/mol. The van der Waals surface area contributed by atoms with Crippen molar-refractivity contribution in [1.82, 2.24) is 5.32 Å². The van der Waals surface area contributed by atoms with Crippen molar-refractivity contribution in [2.45, 2.75) is 12.6 Å². The van der Waals surface area contributed by atoms with Gasteiger partial charge in [0, 0.05) is 28.9 Å². The van der Waals surface area contributed by atoms with Gasteiger partial charge in [-0.05, 0) is 36.2 Å². The highest BCUT2D eigenvalue weighted by molar-refractivity contribution is 6.39. The Hall–Kier alpha value is -3.55. The van der Waals surface area contributed by atoms with Gasteiger partial charge >= 0.3 is 0 Å². The van der Waals surface area contributed by atoms with Crippen LogP contribution in [0.3, 0.4) is 0 Å². The number of halogens is 2. The van der Waals surface area contributed by atoms with Crippen LogP contribution in [-0.4, -0.2) is 30.2 Å². The number of carbonyl (C=O) groups is 2. The molecule has 0 aromatic heterocycles. The van der Waals surface area contributed by atoms with E-state index in [1.165, 1.54) is 12.1 Å². The molecule has 2 aliphatic rings. The first-order chi connectivity index (χ1) is 15.8. The number of aliphatic imine (C=N–C) groups is 1. The van der Waals surface area contributed by atoms with E-state index >= 15 is 0 Å². The van der Waals surface area contributed by atoms with E-state index < -0.39 is 12.1 Å². The number of hydrogen-bond acceptors (Lipinski definition) is 5. The lowest BCUT2D eigenvalue weighted by Gasteiger charge is -2.21. The zero-order valence-electron chi connectivity index (χ0n) is 17.3. The lowest BCUT2D eigenvalue weighted by atomic mass is 9.97. The molecule has 0 aliphatic carbocycles. The smallest absolute Gasteiger partial charge is 0.272 e. The van der Waals surface area contributed by atoms with Crippen molar-refractivity contribution in [1.29, 1.82) is 0 Å². The van der Waals surface area contributed by atoms with Gasteiger partial charge in [0.15, 0.2) is 0 Å². The average Bonchev–Trinajstić information content (AvgIpc) is 3.18. The van der Waals surface area contributed by atoms with Gasteiger partial charge in [0.1, 0.15) is 0 Å². The predicted octanol–water partition coefficient (Wildman–Crippen LogP) is 3.65. The Morgan fingerprint density at radius 3 is 2.45 bits per heavy atom. The fourth-order valence-corrected chi connectivity index (χ4v) is 4.70. The van der Waals surface area contributed by atoms with Gasteiger partial charge in [-0.2, -0.15) is 0 Å². The lowest BCUT2D eigenvalue weighted by molar-refractivity contribution is -0.120. The first-order valence-corrected chi connectivity index (χ1v) is 11.0. The highest BCUT2D eigenvalue weighted by Gasteiger charge is 2.37. The summed E-state index contributed by atoms with van der Waals surface area (Å²) in [4.78, 5) is 32.9. The normalized spacial score (nSPS) is 16.8. The Morgan fingerprint density at radius 2 is 1.76 bits per heavy atom. The van der Waals surface area contributed by atoms with E-state index in [0.29, 0.717) is 24.4 Å². The number of nitrogen functional groups attached to an aromatic ring is 2. The third-order valence-electron chi connectivity index (χ3n) is 5.76. The van der Waals surface area contributed by atoms with E-state index in [2.05, 4.69) is 5.32 Å². The van der Waals surface area contributed by atoms with Crippen molar-refractivity contribution < 1.29 is 9.59 Å². The molecule has 7 nitrogen and oxygen atoms in total. The second-order valence-corrected chi connectivity index (χ2v) is 8.70. The van der Waals surface area contributed by atoms with Crippen LogP contribution in [0.25, 0.3) is 0 Å². The van der Waals surface area contributed by atoms with E-state index in [1.807, 2.05) is 42.5 Å². The van der Waals surface area contributed by atoms with E-state index in [-0.39, 0.29) is 27.2 Å². The SMILES string of the molecule is Nc1cc2c3c(c1)C(c1ccccc1)=N[C@@H](NC(=O)c1cc(Cl)c(N)c(Cl)c1)C(=O)N3CC2. The molecule has 0 spiro atoms. The molecule has 0 fully saturated rings. The zero-order chi connectivity index (χ0) is 23.3. The number of amides is 2. The highest BCUT2D eigenvalue weighted by Crippen LogP contribution is 2.38. The molecule has 5 rings (SSSR count). The second-order valence-electron chi connectivity index (χ2n) is 7.89. The summed E-state index contributed by atoms with van der Waals surface area (Å²) in [6, 6.07) is 16.0.